The molecule has 0 spiro atoms. The lowest BCUT2D eigenvalue weighted by atomic mass is 9.68. The zero-order chi connectivity index (χ0) is 26.2. The summed E-state index contributed by atoms with van der Waals surface area (Å²) >= 11 is 0. The van der Waals surface area contributed by atoms with Crippen LogP contribution in [0.15, 0.2) is 30.3 Å². The minimum absolute atomic E-state index is 0.0268. The normalized spacial score (nSPS) is 24.3. The molecule has 2 saturated carbocycles. The van der Waals surface area contributed by atoms with Crippen molar-refractivity contribution >= 4 is 0 Å². The lowest BCUT2D eigenvalue weighted by molar-refractivity contribution is -0.0498. The lowest BCUT2D eigenvalue weighted by Crippen LogP contribution is -2.26. The summed E-state index contributed by atoms with van der Waals surface area (Å²) in [5.41, 5.74) is 0.0268. The number of alkyl halides is 2. The highest BCUT2D eigenvalue weighted by Gasteiger charge is 2.31. The predicted molar refractivity (Wildman–Crippen MR) is 137 cm³/mol. The van der Waals surface area contributed by atoms with Gasteiger partial charge in [-0.1, -0.05) is 51.9 Å². The van der Waals surface area contributed by atoms with Crippen molar-refractivity contribution in [2.75, 3.05) is 0 Å². The Morgan fingerprint density at radius 2 is 1.41 bits per heavy atom. The first-order chi connectivity index (χ1) is 17.9. The molecular formula is C31H39F4O2. The van der Waals surface area contributed by atoms with E-state index >= 15 is 4.39 Å². The van der Waals surface area contributed by atoms with Gasteiger partial charge in [0.15, 0.2) is 11.6 Å². The van der Waals surface area contributed by atoms with E-state index in [4.69, 9.17) is 4.74 Å². The molecule has 37 heavy (non-hydrogen) atoms. The molecule has 1 radical (unpaired) electrons. The van der Waals surface area contributed by atoms with E-state index in [1.165, 1.54) is 82.1 Å². The van der Waals surface area contributed by atoms with Crippen LogP contribution in [0.1, 0.15) is 89.5 Å². The average Bonchev–Trinajstić information content (AvgIpc) is 2.90. The van der Waals surface area contributed by atoms with Gasteiger partial charge >= 0.3 is 6.61 Å². The summed E-state index contributed by atoms with van der Waals surface area (Å²) in [4.78, 5) is 0. The van der Waals surface area contributed by atoms with Gasteiger partial charge in [-0.3, -0.25) is 0 Å². The number of benzene rings is 2. The van der Waals surface area contributed by atoms with Crippen LogP contribution in [0.3, 0.4) is 0 Å². The van der Waals surface area contributed by atoms with E-state index in [-0.39, 0.29) is 22.8 Å². The van der Waals surface area contributed by atoms with E-state index in [0.717, 1.165) is 43.1 Å². The molecule has 2 aliphatic carbocycles. The highest BCUT2D eigenvalue weighted by atomic mass is 19.3. The van der Waals surface area contributed by atoms with E-state index in [9.17, 15) is 13.2 Å². The van der Waals surface area contributed by atoms with Crippen molar-refractivity contribution < 1.29 is 27.0 Å². The van der Waals surface area contributed by atoms with Crippen LogP contribution in [0.4, 0.5) is 17.6 Å². The van der Waals surface area contributed by atoms with Crippen molar-refractivity contribution in [3.05, 3.63) is 53.6 Å². The first kappa shape index (κ1) is 27.8. The van der Waals surface area contributed by atoms with E-state index in [2.05, 4.69) is 17.7 Å². The second-order valence-electron chi connectivity index (χ2n) is 11.0. The Balaban J connectivity index is 1.26. The molecule has 0 saturated heterocycles. The Labute approximate surface area is 218 Å². The fourth-order valence-corrected chi connectivity index (χ4v) is 6.37. The Bertz CT molecular complexity index is 962. The lowest BCUT2D eigenvalue weighted by Gasteiger charge is -2.38. The summed E-state index contributed by atoms with van der Waals surface area (Å²) in [5, 5.41) is 0. The van der Waals surface area contributed by atoms with Gasteiger partial charge in [0.05, 0.1) is 0 Å². The molecule has 0 unspecified atom stereocenters. The quantitative estimate of drug-likeness (QED) is 0.275. The van der Waals surface area contributed by atoms with Gasteiger partial charge in [-0.05, 0) is 92.5 Å². The third-order valence-electron chi connectivity index (χ3n) is 8.57. The third-order valence-corrected chi connectivity index (χ3v) is 8.57. The topological polar surface area (TPSA) is 18.5 Å². The molecule has 2 aromatic carbocycles. The summed E-state index contributed by atoms with van der Waals surface area (Å²) in [5.74, 6) is 1.76. The zero-order valence-electron chi connectivity index (χ0n) is 21.8. The van der Waals surface area contributed by atoms with Crippen LogP contribution in [-0.4, -0.2) is 6.61 Å². The highest BCUT2D eigenvalue weighted by molar-refractivity contribution is 5.38. The van der Waals surface area contributed by atoms with Gasteiger partial charge in [-0.2, -0.15) is 8.78 Å². The molecule has 2 aliphatic rings. The van der Waals surface area contributed by atoms with Gasteiger partial charge in [0, 0.05) is 11.6 Å². The number of hydrogen-bond donors (Lipinski definition) is 0. The molecule has 0 atom stereocenters. The molecule has 0 aromatic heterocycles. The summed E-state index contributed by atoms with van der Waals surface area (Å²) in [6, 6.07) is 9.01. The molecule has 6 heteroatoms. The molecule has 2 nitrogen and oxygen atoms in total. The molecule has 0 N–H and O–H groups in total. The average molecular weight is 520 g/mol. The van der Waals surface area contributed by atoms with E-state index in [1.54, 1.807) is 0 Å². The SMILES string of the molecule is CCCC[C@H]1CC[C@H](C2CCC(CCc3c(F)c[c]c(Oc4ccc(OC(F)F)cc4)c3F)CC2)CC1. The molecule has 0 amide bonds. The Hall–Kier alpha value is -2.24. The van der Waals surface area contributed by atoms with Gasteiger partial charge in [0.1, 0.15) is 17.3 Å². The van der Waals surface area contributed by atoms with Gasteiger partial charge in [-0.15, -0.1) is 0 Å². The summed E-state index contributed by atoms with van der Waals surface area (Å²) in [6.07, 6.45) is 15.4. The summed E-state index contributed by atoms with van der Waals surface area (Å²) in [6.45, 7) is -0.656. The number of unbranched alkanes of at least 4 members (excludes halogenated alkanes) is 1. The minimum Gasteiger partial charge on any atom is -0.454 e. The van der Waals surface area contributed by atoms with Crippen LogP contribution >= 0.6 is 0 Å². The van der Waals surface area contributed by atoms with Crippen molar-refractivity contribution in [3.8, 4) is 17.2 Å². The fraction of sp³-hybridized carbons (Fsp3) is 0.613. The number of hydrogen-bond acceptors (Lipinski definition) is 2. The van der Waals surface area contributed by atoms with Crippen LogP contribution < -0.4 is 9.47 Å². The van der Waals surface area contributed by atoms with E-state index < -0.39 is 18.2 Å². The molecule has 0 bridgehead atoms. The fourth-order valence-electron chi connectivity index (χ4n) is 6.37. The molecule has 4 rings (SSSR count). The van der Waals surface area contributed by atoms with Crippen molar-refractivity contribution in [2.24, 2.45) is 23.7 Å². The van der Waals surface area contributed by atoms with Gasteiger partial charge in [-0.25, -0.2) is 8.78 Å². The highest BCUT2D eigenvalue weighted by Crippen LogP contribution is 2.43. The van der Waals surface area contributed by atoms with Gasteiger partial charge < -0.3 is 9.47 Å². The Morgan fingerprint density at radius 3 is 1.97 bits per heavy atom. The second-order valence-corrected chi connectivity index (χ2v) is 11.0. The van der Waals surface area contributed by atoms with E-state index in [1.807, 2.05) is 0 Å². The molecule has 2 aromatic rings. The monoisotopic (exact) mass is 519 g/mol. The molecule has 2 fully saturated rings. The maximum Gasteiger partial charge on any atom is 0.387 e. The molecule has 0 heterocycles. The second kappa shape index (κ2) is 13.5. The number of halogens is 4. The van der Waals surface area contributed by atoms with Crippen LogP contribution in [0, 0.1) is 41.4 Å². The first-order valence-corrected chi connectivity index (χ1v) is 14.0. The van der Waals surface area contributed by atoms with Crippen molar-refractivity contribution in [1.82, 2.24) is 0 Å². The van der Waals surface area contributed by atoms with Crippen LogP contribution in [-0.2, 0) is 6.42 Å². The Morgan fingerprint density at radius 1 is 0.838 bits per heavy atom. The van der Waals surface area contributed by atoms with Crippen LogP contribution in [0.25, 0.3) is 0 Å². The zero-order valence-corrected chi connectivity index (χ0v) is 21.8. The maximum atomic E-state index is 15.1. The van der Waals surface area contributed by atoms with Crippen LogP contribution in [0.2, 0.25) is 0 Å². The van der Waals surface area contributed by atoms with E-state index in [0.29, 0.717) is 12.3 Å². The largest absolute Gasteiger partial charge is 0.454 e. The predicted octanol–water partition coefficient (Wildman–Crippen LogP) is 9.89. The van der Waals surface area contributed by atoms with Crippen molar-refractivity contribution in [1.29, 1.82) is 0 Å². The standard InChI is InChI=1S/C31H39F4O2/c1-2-3-4-21-5-10-23(11-6-21)24-12-7-22(8-13-24)9-18-27-28(32)19-20-29(30(27)33)36-25-14-16-26(17-15-25)37-31(34)35/h14-17,19,21-24,31H,2-13,18H2,1H3/t21-,22?,23-,24?. The third kappa shape index (κ3) is 7.87. The smallest absolute Gasteiger partial charge is 0.387 e. The molecular weight excluding hydrogens is 480 g/mol. The molecule has 0 aliphatic heterocycles. The number of rotatable bonds is 11. The number of ether oxygens (including phenoxy) is 2. The van der Waals surface area contributed by atoms with Gasteiger partial charge in [0.2, 0.25) is 0 Å². The van der Waals surface area contributed by atoms with Gasteiger partial charge in [0.25, 0.3) is 0 Å². The van der Waals surface area contributed by atoms with Crippen molar-refractivity contribution in [3.63, 3.8) is 0 Å². The minimum atomic E-state index is -2.93. The van der Waals surface area contributed by atoms with Crippen LogP contribution in [0.5, 0.6) is 17.2 Å². The first-order valence-electron chi connectivity index (χ1n) is 14.0. The summed E-state index contributed by atoms with van der Waals surface area (Å²) in [7, 11) is 0. The summed E-state index contributed by atoms with van der Waals surface area (Å²) < 4.78 is 64.1. The Kier molecular flexibility index (Phi) is 10.2. The molecule has 203 valence electrons. The van der Waals surface area contributed by atoms with Crippen molar-refractivity contribution in [2.45, 2.75) is 97.0 Å². The maximum absolute atomic E-state index is 15.1.